The molecule has 0 radical (unpaired) electrons. The third kappa shape index (κ3) is 2.49. The number of halogens is 1. The molecule has 0 saturated carbocycles. The molecule has 5 heteroatoms. The number of nitrogens with one attached hydrogen (secondary N) is 1. The van der Waals surface area contributed by atoms with Crippen molar-refractivity contribution in [3.05, 3.63) is 39.1 Å². The molecule has 0 atom stereocenters. The summed E-state index contributed by atoms with van der Waals surface area (Å²) in [5.41, 5.74) is 1.23. The zero-order chi connectivity index (χ0) is 12.4. The minimum atomic E-state index is -0.353. The fourth-order valence-electron chi connectivity index (χ4n) is 1.58. The Morgan fingerprint density at radius 3 is 2.47 bits per heavy atom. The third-order valence-electron chi connectivity index (χ3n) is 2.46. The summed E-state index contributed by atoms with van der Waals surface area (Å²) >= 11 is 2.21. The standard InChI is InChI=1S/C12H11IN2O2/c1-2-15-11(16)10(14-12(15)17)7-8-3-5-9(13)6-4-8/h3-7H,2H2,1H3,(H,14,17)/b10-7-. The first kappa shape index (κ1) is 12.1. The SMILES string of the molecule is CCN1C(=O)N/C(=C\c2ccc(I)cc2)C1=O. The lowest BCUT2D eigenvalue weighted by molar-refractivity contribution is -0.122. The maximum atomic E-state index is 11.8. The van der Waals surface area contributed by atoms with Gasteiger partial charge in [-0.05, 0) is 53.3 Å². The second kappa shape index (κ2) is 4.87. The molecule has 17 heavy (non-hydrogen) atoms. The van der Waals surface area contributed by atoms with Crippen molar-refractivity contribution in [3.8, 4) is 0 Å². The number of benzene rings is 1. The van der Waals surface area contributed by atoms with Crippen LogP contribution in [0.3, 0.4) is 0 Å². The van der Waals surface area contributed by atoms with Gasteiger partial charge in [-0.1, -0.05) is 12.1 Å². The fourth-order valence-corrected chi connectivity index (χ4v) is 1.94. The maximum absolute atomic E-state index is 11.8. The van der Waals surface area contributed by atoms with Gasteiger partial charge in [0.25, 0.3) is 5.91 Å². The van der Waals surface area contributed by atoms with Gasteiger partial charge in [-0.2, -0.15) is 0 Å². The lowest BCUT2D eigenvalue weighted by Gasteiger charge is -2.05. The molecule has 1 fully saturated rings. The summed E-state index contributed by atoms with van der Waals surface area (Å²) in [5.74, 6) is -0.268. The summed E-state index contributed by atoms with van der Waals surface area (Å²) in [7, 11) is 0. The molecule has 3 amide bonds. The summed E-state index contributed by atoms with van der Waals surface area (Å²) in [4.78, 5) is 24.4. The average molecular weight is 342 g/mol. The molecular formula is C12H11IN2O2. The first-order valence-corrected chi connectivity index (χ1v) is 6.30. The lowest BCUT2D eigenvalue weighted by Crippen LogP contribution is -2.30. The van der Waals surface area contributed by atoms with Gasteiger partial charge in [-0.3, -0.25) is 9.69 Å². The molecule has 88 valence electrons. The number of urea groups is 1. The number of amides is 3. The molecule has 0 unspecified atom stereocenters. The van der Waals surface area contributed by atoms with Crippen LogP contribution < -0.4 is 5.32 Å². The van der Waals surface area contributed by atoms with Crippen LogP contribution in [0.2, 0.25) is 0 Å². The average Bonchev–Trinajstić information content (AvgIpc) is 2.57. The van der Waals surface area contributed by atoms with Crippen molar-refractivity contribution in [1.29, 1.82) is 0 Å². The fraction of sp³-hybridized carbons (Fsp3) is 0.167. The molecule has 2 rings (SSSR count). The van der Waals surface area contributed by atoms with Crippen molar-refractivity contribution in [2.75, 3.05) is 6.54 Å². The Morgan fingerprint density at radius 1 is 1.29 bits per heavy atom. The van der Waals surface area contributed by atoms with E-state index in [4.69, 9.17) is 0 Å². The van der Waals surface area contributed by atoms with E-state index >= 15 is 0 Å². The highest BCUT2D eigenvalue weighted by molar-refractivity contribution is 14.1. The lowest BCUT2D eigenvalue weighted by atomic mass is 10.2. The minimum Gasteiger partial charge on any atom is -0.303 e. The van der Waals surface area contributed by atoms with E-state index in [2.05, 4.69) is 27.9 Å². The van der Waals surface area contributed by atoms with Gasteiger partial charge < -0.3 is 5.32 Å². The number of carbonyl (C=O) groups is 2. The van der Waals surface area contributed by atoms with Gasteiger partial charge in [0.15, 0.2) is 0 Å². The molecule has 4 nitrogen and oxygen atoms in total. The summed E-state index contributed by atoms with van der Waals surface area (Å²) in [6.07, 6.45) is 1.69. The van der Waals surface area contributed by atoms with Crippen molar-refractivity contribution < 1.29 is 9.59 Å². The zero-order valence-electron chi connectivity index (χ0n) is 9.24. The highest BCUT2D eigenvalue weighted by Crippen LogP contribution is 2.14. The molecule has 0 aromatic heterocycles. The van der Waals surface area contributed by atoms with Crippen molar-refractivity contribution in [3.63, 3.8) is 0 Å². The first-order valence-electron chi connectivity index (χ1n) is 5.22. The number of carbonyl (C=O) groups excluding carboxylic acids is 2. The first-order chi connectivity index (χ1) is 8.11. The molecule has 0 spiro atoms. The highest BCUT2D eigenvalue weighted by atomic mass is 127. The van der Waals surface area contributed by atoms with E-state index in [-0.39, 0.29) is 11.9 Å². The smallest absolute Gasteiger partial charge is 0.303 e. The molecule has 1 aromatic carbocycles. The highest BCUT2D eigenvalue weighted by Gasteiger charge is 2.31. The molecule has 1 aromatic rings. The van der Waals surface area contributed by atoms with Crippen LogP contribution >= 0.6 is 22.6 Å². The van der Waals surface area contributed by atoms with E-state index in [1.54, 1.807) is 13.0 Å². The van der Waals surface area contributed by atoms with E-state index in [1.165, 1.54) is 4.90 Å². The molecular weight excluding hydrogens is 331 g/mol. The molecule has 1 N–H and O–H groups in total. The number of likely N-dealkylation sites (N-methyl/N-ethyl adjacent to an activating group) is 1. The van der Waals surface area contributed by atoms with E-state index in [1.807, 2.05) is 24.3 Å². The Kier molecular flexibility index (Phi) is 3.46. The van der Waals surface area contributed by atoms with Gasteiger partial charge in [0, 0.05) is 10.1 Å². The van der Waals surface area contributed by atoms with Crippen molar-refractivity contribution in [2.24, 2.45) is 0 Å². The van der Waals surface area contributed by atoms with Crippen LogP contribution in [0.15, 0.2) is 30.0 Å². The Balaban J connectivity index is 2.27. The molecule has 1 heterocycles. The minimum absolute atomic E-state index is 0.268. The summed E-state index contributed by atoms with van der Waals surface area (Å²) in [6, 6.07) is 7.36. The number of nitrogens with zero attached hydrogens (tertiary/aromatic N) is 1. The van der Waals surface area contributed by atoms with Gasteiger partial charge in [0.05, 0.1) is 0 Å². The van der Waals surface area contributed by atoms with Crippen LogP contribution in [-0.4, -0.2) is 23.4 Å². The zero-order valence-corrected chi connectivity index (χ0v) is 11.4. The van der Waals surface area contributed by atoms with E-state index in [0.29, 0.717) is 12.2 Å². The van der Waals surface area contributed by atoms with Crippen LogP contribution in [0.25, 0.3) is 6.08 Å². The number of rotatable bonds is 2. The van der Waals surface area contributed by atoms with Crippen LogP contribution in [0, 0.1) is 3.57 Å². The predicted molar refractivity (Wildman–Crippen MR) is 73.1 cm³/mol. The van der Waals surface area contributed by atoms with Gasteiger partial charge in [0.2, 0.25) is 0 Å². The Bertz CT molecular complexity index is 494. The third-order valence-corrected chi connectivity index (χ3v) is 3.18. The Labute approximate surface area is 113 Å². The predicted octanol–water partition coefficient (Wildman–Crippen LogP) is 2.20. The molecule has 1 saturated heterocycles. The Morgan fingerprint density at radius 2 is 1.94 bits per heavy atom. The summed E-state index contributed by atoms with van der Waals surface area (Å²) in [6.45, 7) is 2.15. The van der Waals surface area contributed by atoms with E-state index in [0.717, 1.165) is 9.13 Å². The van der Waals surface area contributed by atoms with Crippen LogP contribution in [-0.2, 0) is 4.79 Å². The topological polar surface area (TPSA) is 49.4 Å². The van der Waals surface area contributed by atoms with E-state index in [9.17, 15) is 9.59 Å². The number of hydrogen-bond acceptors (Lipinski definition) is 2. The van der Waals surface area contributed by atoms with Crippen molar-refractivity contribution in [1.82, 2.24) is 10.2 Å². The van der Waals surface area contributed by atoms with Crippen LogP contribution in [0.4, 0.5) is 4.79 Å². The number of hydrogen-bond donors (Lipinski definition) is 1. The van der Waals surface area contributed by atoms with Gasteiger partial charge in [0.1, 0.15) is 5.70 Å². The van der Waals surface area contributed by atoms with Gasteiger partial charge in [-0.15, -0.1) is 0 Å². The van der Waals surface area contributed by atoms with Gasteiger partial charge >= 0.3 is 6.03 Å². The quantitative estimate of drug-likeness (QED) is 0.509. The van der Waals surface area contributed by atoms with Crippen molar-refractivity contribution in [2.45, 2.75) is 6.92 Å². The molecule has 1 aliphatic heterocycles. The van der Waals surface area contributed by atoms with E-state index < -0.39 is 0 Å². The monoisotopic (exact) mass is 342 g/mol. The summed E-state index contributed by atoms with van der Waals surface area (Å²) < 4.78 is 1.13. The van der Waals surface area contributed by atoms with Crippen LogP contribution in [0.5, 0.6) is 0 Å². The molecule has 0 aliphatic carbocycles. The van der Waals surface area contributed by atoms with Crippen LogP contribution in [0.1, 0.15) is 12.5 Å². The molecule has 0 bridgehead atoms. The second-order valence-electron chi connectivity index (χ2n) is 3.59. The maximum Gasteiger partial charge on any atom is 0.328 e. The second-order valence-corrected chi connectivity index (χ2v) is 4.83. The largest absolute Gasteiger partial charge is 0.328 e. The van der Waals surface area contributed by atoms with Gasteiger partial charge in [-0.25, -0.2) is 4.79 Å². The van der Waals surface area contributed by atoms with Crippen molar-refractivity contribution >= 4 is 40.6 Å². The summed E-state index contributed by atoms with van der Waals surface area (Å²) in [5, 5.41) is 2.56. The number of imide groups is 1. The molecule has 1 aliphatic rings. The normalized spacial score (nSPS) is 17.8. The Hall–Kier alpha value is -1.37.